The molecule has 1 aromatic heterocycles. The molecular weight excluding hydrogens is 402 g/mol. The van der Waals surface area contributed by atoms with Crippen molar-refractivity contribution in [3.8, 4) is 5.75 Å². The van der Waals surface area contributed by atoms with Crippen LogP contribution in [0.5, 0.6) is 5.75 Å². The van der Waals surface area contributed by atoms with Gasteiger partial charge in [0.1, 0.15) is 11.4 Å². The lowest BCUT2D eigenvalue weighted by molar-refractivity contribution is -0.117. The quantitative estimate of drug-likeness (QED) is 0.532. The highest BCUT2D eigenvalue weighted by atomic mass is 32.1. The number of aromatic nitrogens is 1. The number of fused-ring (bicyclic) bond motifs is 1. The number of hydrogen-bond donors (Lipinski definition) is 3. The first kappa shape index (κ1) is 21.6. The Morgan fingerprint density at radius 3 is 2.60 bits per heavy atom. The van der Waals surface area contributed by atoms with Crippen LogP contribution in [0.2, 0.25) is 0 Å². The lowest BCUT2D eigenvalue weighted by Crippen LogP contribution is -2.34. The summed E-state index contributed by atoms with van der Waals surface area (Å²) < 4.78 is 10.4. The molecule has 2 aromatic carbocycles. The van der Waals surface area contributed by atoms with E-state index in [0.29, 0.717) is 12.1 Å². The van der Waals surface area contributed by atoms with E-state index in [4.69, 9.17) is 4.74 Å². The minimum Gasteiger partial charge on any atom is -0.508 e. The Morgan fingerprint density at radius 2 is 1.90 bits per heavy atom. The number of nitrogens with zero attached hydrogens (tertiary/aromatic N) is 1. The Bertz CT molecular complexity index is 1020. The molecule has 1 atom stereocenters. The van der Waals surface area contributed by atoms with Crippen molar-refractivity contribution in [1.29, 1.82) is 0 Å². The lowest BCUT2D eigenvalue weighted by atomic mass is 9.94. The van der Waals surface area contributed by atoms with Gasteiger partial charge in [-0.1, -0.05) is 12.1 Å². The van der Waals surface area contributed by atoms with Crippen molar-refractivity contribution >= 4 is 39.3 Å². The third-order valence-electron chi connectivity index (χ3n) is 4.34. The second-order valence-corrected chi connectivity index (χ2v) is 8.76. The summed E-state index contributed by atoms with van der Waals surface area (Å²) >= 11 is 1.37. The summed E-state index contributed by atoms with van der Waals surface area (Å²) in [7, 11) is 0. The Balaban J connectivity index is 1.70. The largest absolute Gasteiger partial charge is 0.508 e. The fraction of sp³-hybridized carbons (Fsp3) is 0.318. The number of nitrogens with one attached hydrogen (secondary N) is 2. The second-order valence-electron chi connectivity index (χ2n) is 7.93. The number of ether oxygens (including phenoxy) is 1. The minimum absolute atomic E-state index is 0.125. The van der Waals surface area contributed by atoms with Gasteiger partial charge in [-0.15, -0.1) is 0 Å². The summed E-state index contributed by atoms with van der Waals surface area (Å²) in [4.78, 5) is 25.0. The normalized spacial score (nSPS) is 12.4. The monoisotopic (exact) mass is 427 g/mol. The maximum absolute atomic E-state index is 13.0. The highest BCUT2D eigenvalue weighted by Crippen LogP contribution is 2.26. The van der Waals surface area contributed by atoms with E-state index in [1.807, 2.05) is 18.2 Å². The number of carbonyl (C=O) groups excluding carboxylic acids is 2. The molecule has 0 aliphatic heterocycles. The Labute approximate surface area is 179 Å². The van der Waals surface area contributed by atoms with Gasteiger partial charge < -0.3 is 20.5 Å². The molecule has 0 saturated heterocycles. The van der Waals surface area contributed by atoms with E-state index >= 15 is 0 Å². The fourth-order valence-corrected chi connectivity index (χ4v) is 3.64. The van der Waals surface area contributed by atoms with Crippen molar-refractivity contribution in [1.82, 2.24) is 9.69 Å². The van der Waals surface area contributed by atoms with Crippen LogP contribution in [0.3, 0.4) is 0 Å². The molecule has 3 rings (SSSR count). The van der Waals surface area contributed by atoms with Gasteiger partial charge in [0.2, 0.25) is 5.91 Å². The zero-order valence-corrected chi connectivity index (χ0v) is 18.0. The van der Waals surface area contributed by atoms with Gasteiger partial charge in [-0.05, 0) is 74.6 Å². The van der Waals surface area contributed by atoms with Crippen LogP contribution in [-0.2, 0) is 9.53 Å². The molecule has 1 unspecified atom stereocenters. The van der Waals surface area contributed by atoms with Gasteiger partial charge in [-0.25, -0.2) is 4.79 Å². The Hall–Kier alpha value is -3.13. The van der Waals surface area contributed by atoms with Crippen molar-refractivity contribution < 1.29 is 19.4 Å². The van der Waals surface area contributed by atoms with Crippen molar-refractivity contribution in [3.63, 3.8) is 0 Å². The number of amides is 2. The third kappa shape index (κ3) is 5.93. The van der Waals surface area contributed by atoms with Crippen molar-refractivity contribution in [3.05, 3.63) is 54.2 Å². The summed E-state index contributed by atoms with van der Waals surface area (Å²) in [5, 5.41) is 16.2. The van der Waals surface area contributed by atoms with Crippen LogP contribution in [0.4, 0.5) is 10.5 Å². The highest BCUT2D eigenvalue weighted by Gasteiger charge is 2.22. The zero-order chi connectivity index (χ0) is 21.7. The Kier molecular flexibility index (Phi) is 6.56. The third-order valence-corrected chi connectivity index (χ3v) is 5.10. The fourth-order valence-electron chi connectivity index (χ4n) is 2.96. The Morgan fingerprint density at radius 1 is 1.17 bits per heavy atom. The van der Waals surface area contributed by atoms with Crippen LogP contribution in [-0.4, -0.2) is 33.6 Å². The summed E-state index contributed by atoms with van der Waals surface area (Å²) in [6.45, 7) is 5.64. The molecule has 0 radical (unpaired) electrons. The van der Waals surface area contributed by atoms with E-state index in [1.165, 1.54) is 11.5 Å². The molecule has 0 bridgehead atoms. The molecule has 3 aromatic rings. The van der Waals surface area contributed by atoms with Crippen LogP contribution in [0, 0.1) is 0 Å². The number of phenols is 1. The first-order chi connectivity index (χ1) is 14.2. The molecule has 1 heterocycles. The average molecular weight is 428 g/mol. The molecule has 8 heteroatoms. The van der Waals surface area contributed by atoms with Gasteiger partial charge in [0, 0.05) is 23.8 Å². The molecule has 158 valence electrons. The number of anilines is 1. The maximum atomic E-state index is 13.0. The predicted molar refractivity (Wildman–Crippen MR) is 118 cm³/mol. The summed E-state index contributed by atoms with van der Waals surface area (Å²) in [6, 6.07) is 12.1. The van der Waals surface area contributed by atoms with E-state index in [-0.39, 0.29) is 18.2 Å². The molecule has 3 N–H and O–H groups in total. The smallest absolute Gasteiger partial charge is 0.407 e. The molecule has 0 aliphatic carbocycles. The molecule has 0 fully saturated rings. The maximum Gasteiger partial charge on any atom is 0.407 e. The first-order valence-electron chi connectivity index (χ1n) is 9.62. The van der Waals surface area contributed by atoms with Gasteiger partial charge in [-0.3, -0.25) is 4.79 Å². The van der Waals surface area contributed by atoms with Crippen LogP contribution < -0.4 is 10.6 Å². The number of carbonyl (C=O) groups is 2. The van der Waals surface area contributed by atoms with Gasteiger partial charge in [-0.2, -0.15) is 4.37 Å². The van der Waals surface area contributed by atoms with Gasteiger partial charge in [0.25, 0.3) is 0 Å². The second kappa shape index (κ2) is 9.13. The first-order valence-corrected chi connectivity index (χ1v) is 10.4. The topological polar surface area (TPSA) is 101 Å². The minimum atomic E-state index is -0.590. The number of benzene rings is 2. The van der Waals surface area contributed by atoms with Gasteiger partial charge in [0.05, 0.1) is 10.6 Å². The van der Waals surface area contributed by atoms with Crippen LogP contribution in [0.15, 0.2) is 48.7 Å². The summed E-state index contributed by atoms with van der Waals surface area (Å²) in [5.41, 5.74) is 0.836. The lowest BCUT2D eigenvalue weighted by Gasteiger charge is -2.21. The van der Waals surface area contributed by atoms with Crippen molar-refractivity contribution in [2.45, 2.75) is 38.7 Å². The van der Waals surface area contributed by atoms with E-state index in [1.54, 1.807) is 51.2 Å². The average Bonchev–Trinajstić information content (AvgIpc) is 3.12. The SMILES string of the molecule is CC(C)(C)OC(=O)NCCC(C(=O)Nc1ccc2cnsc2c1)c1ccc(O)cc1. The summed E-state index contributed by atoms with van der Waals surface area (Å²) in [6.07, 6.45) is 1.63. The van der Waals surface area contributed by atoms with Crippen molar-refractivity contribution in [2.75, 3.05) is 11.9 Å². The molecule has 0 saturated carbocycles. The molecule has 2 amide bonds. The van der Waals surface area contributed by atoms with Crippen LogP contribution in [0.1, 0.15) is 38.7 Å². The van der Waals surface area contributed by atoms with E-state index in [9.17, 15) is 14.7 Å². The molecule has 0 aliphatic rings. The molecule has 7 nitrogen and oxygen atoms in total. The van der Waals surface area contributed by atoms with Crippen molar-refractivity contribution in [2.24, 2.45) is 0 Å². The predicted octanol–water partition coefficient (Wildman–Crippen LogP) is 4.64. The standard InChI is InChI=1S/C22H25N3O4S/c1-22(2,3)29-21(28)23-11-10-18(14-5-8-17(26)9-6-14)20(27)25-16-7-4-15-13-24-30-19(15)12-16/h4-9,12-13,18,26H,10-11H2,1-3H3,(H,23,28)(H,25,27). The van der Waals surface area contributed by atoms with Crippen LogP contribution in [0.25, 0.3) is 10.1 Å². The molecule has 30 heavy (non-hydrogen) atoms. The van der Waals surface area contributed by atoms with Gasteiger partial charge in [0.15, 0.2) is 0 Å². The number of hydrogen-bond acceptors (Lipinski definition) is 6. The highest BCUT2D eigenvalue weighted by molar-refractivity contribution is 7.13. The van der Waals surface area contributed by atoms with E-state index < -0.39 is 17.6 Å². The van der Waals surface area contributed by atoms with E-state index in [2.05, 4.69) is 15.0 Å². The van der Waals surface area contributed by atoms with Gasteiger partial charge >= 0.3 is 6.09 Å². The number of rotatable bonds is 6. The molecular formula is C22H25N3O4S. The van der Waals surface area contributed by atoms with Crippen LogP contribution >= 0.6 is 11.5 Å². The molecule has 0 spiro atoms. The van der Waals surface area contributed by atoms with E-state index in [0.717, 1.165) is 15.6 Å². The number of alkyl carbamates (subject to hydrolysis) is 1. The summed E-state index contributed by atoms with van der Waals surface area (Å²) in [5.74, 6) is -0.589. The number of phenolic OH excluding ortho intramolecular Hbond substituents is 1. The zero-order valence-electron chi connectivity index (χ0n) is 17.1. The number of aromatic hydroxyl groups is 1.